The highest BCUT2D eigenvalue weighted by molar-refractivity contribution is 6.13. The zero-order valence-electron chi connectivity index (χ0n) is 11.0. The van der Waals surface area contributed by atoms with Crippen molar-refractivity contribution in [2.75, 3.05) is 0 Å². The van der Waals surface area contributed by atoms with Crippen LogP contribution in [-0.4, -0.2) is 5.78 Å². The van der Waals surface area contributed by atoms with E-state index in [4.69, 9.17) is 0 Å². The van der Waals surface area contributed by atoms with E-state index in [1.807, 2.05) is 24.3 Å². The molecule has 1 heteroatoms. The van der Waals surface area contributed by atoms with Gasteiger partial charge >= 0.3 is 0 Å². The molecule has 19 heavy (non-hydrogen) atoms. The molecule has 0 aromatic heterocycles. The highest BCUT2D eigenvalue weighted by Crippen LogP contribution is 2.26. The summed E-state index contributed by atoms with van der Waals surface area (Å²) < 4.78 is 0. The second-order valence-electron chi connectivity index (χ2n) is 5.07. The molecular formula is C18H16O. The van der Waals surface area contributed by atoms with Crippen molar-refractivity contribution in [3.63, 3.8) is 0 Å². The van der Waals surface area contributed by atoms with Crippen molar-refractivity contribution < 1.29 is 4.79 Å². The first-order chi connectivity index (χ1) is 9.24. The summed E-state index contributed by atoms with van der Waals surface area (Å²) in [5.74, 6) is 0.183. The Morgan fingerprint density at radius 1 is 0.947 bits per heavy atom. The number of allylic oxidation sites excluding steroid dienone is 1. The standard InChI is InChI=1S/C18H16O/c1-13-6-8-14(9-7-13)12-16-11-10-15-4-2-3-5-17(15)18(16)19/h2-9,12H,10-11H2,1H3/b16-12+. The number of carbonyl (C=O) groups is 1. The molecular weight excluding hydrogens is 232 g/mol. The van der Waals surface area contributed by atoms with Gasteiger partial charge in [-0.2, -0.15) is 0 Å². The number of rotatable bonds is 1. The lowest BCUT2D eigenvalue weighted by Gasteiger charge is -2.17. The van der Waals surface area contributed by atoms with Crippen molar-refractivity contribution in [3.05, 3.63) is 76.4 Å². The van der Waals surface area contributed by atoms with Crippen LogP contribution in [0.25, 0.3) is 6.08 Å². The minimum absolute atomic E-state index is 0.183. The van der Waals surface area contributed by atoms with Gasteiger partial charge in [0.15, 0.2) is 5.78 Å². The van der Waals surface area contributed by atoms with E-state index >= 15 is 0 Å². The largest absolute Gasteiger partial charge is 0.289 e. The van der Waals surface area contributed by atoms with E-state index in [1.165, 1.54) is 11.1 Å². The van der Waals surface area contributed by atoms with E-state index < -0.39 is 0 Å². The first-order valence-electron chi connectivity index (χ1n) is 6.64. The highest BCUT2D eigenvalue weighted by Gasteiger charge is 2.20. The molecule has 0 saturated carbocycles. The fourth-order valence-corrected chi connectivity index (χ4v) is 2.52. The Hall–Kier alpha value is -2.15. The molecule has 1 aliphatic carbocycles. The maximum Gasteiger partial charge on any atom is 0.189 e. The second kappa shape index (κ2) is 4.85. The molecule has 1 nitrogen and oxygen atoms in total. The number of hydrogen-bond acceptors (Lipinski definition) is 1. The lowest BCUT2D eigenvalue weighted by molar-refractivity contribution is 0.102. The Morgan fingerprint density at radius 2 is 1.68 bits per heavy atom. The van der Waals surface area contributed by atoms with Crippen LogP contribution >= 0.6 is 0 Å². The van der Waals surface area contributed by atoms with Gasteiger partial charge in [0.05, 0.1) is 0 Å². The maximum atomic E-state index is 12.4. The van der Waals surface area contributed by atoms with Crippen molar-refractivity contribution in [2.24, 2.45) is 0 Å². The SMILES string of the molecule is Cc1ccc(/C=C2\CCc3ccccc3C2=O)cc1. The molecule has 0 unspecified atom stereocenters. The molecule has 0 spiro atoms. The molecule has 0 bridgehead atoms. The van der Waals surface area contributed by atoms with E-state index in [0.29, 0.717) is 0 Å². The quantitative estimate of drug-likeness (QED) is 0.691. The molecule has 94 valence electrons. The van der Waals surface area contributed by atoms with Crippen LogP contribution in [0.5, 0.6) is 0 Å². The Labute approximate surface area is 113 Å². The van der Waals surface area contributed by atoms with E-state index in [-0.39, 0.29) is 5.78 Å². The lowest BCUT2D eigenvalue weighted by atomic mass is 9.86. The minimum Gasteiger partial charge on any atom is -0.289 e. The van der Waals surface area contributed by atoms with Crippen LogP contribution in [0.4, 0.5) is 0 Å². The third kappa shape index (κ3) is 2.37. The number of benzene rings is 2. The first kappa shape index (κ1) is 11.9. The van der Waals surface area contributed by atoms with Crippen LogP contribution < -0.4 is 0 Å². The molecule has 2 aromatic carbocycles. The summed E-state index contributed by atoms with van der Waals surface area (Å²) in [7, 11) is 0. The average molecular weight is 248 g/mol. The molecule has 0 radical (unpaired) electrons. The van der Waals surface area contributed by atoms with Crippen LogP contribution in [0.3, 0.4) is 0 Å². The number of fused-ring (bicyclic) bond motifs is 1. The van der Waals surface area contributed by atoms with Gasteiger partial charge in [0.1, 0.15) is 0 Å². The van der Waals surface area contributed by atoms with Crippen molar-refractivity contribution in [1.82, 2.24) is 0 Å². The molecule has 0 atom stereocenters. The summed E-state index contributed by atoms with van der Waals surface area (Å²) in [6.45, 7) is 2.07. The van der Waals surface area contributed by atoms with Gasteiger partial charge in [-0.1, -0.05) is 54.1 Å². The predicted molar refractivity (Wildman–Crippen MR) is 78.2 cm³/mol. The molecule has 1 aliphatic rings. The van der Waals surface area contributed by atoms with Crippen LogP contribution in [0, 0.1) is 6.92 Å². The fourth-order valence-electron chi connectivity index (χ4n) is 2.52. The Morgan fingerprint density at radius 3 is 2.47 bits per heavy atom. The zero-order valence-corrected chi connectivity index (χ0v) is 11.0. The molecule has 2 aromatic rings. The summed E-state index contributed by atoms with van der Waals surface area (Å²) in [5, 5.41) is 0. The fraction of sp³-hybridized carbons (Fsp3) is 0.167. The van der Waals surface area contributed by atoms with E-state index in [9.17, 15) is 4.79 Å². The summed E-state index contributed by atoms with van der Waals surface area (Å²) >= 11 is 0. The van der Waals surface area contributed by atoms with Crippen LogP contribution in [0.2, 0.25) is 0 Å². The monoisotopic (exact) mass is 248 g/mol. The Balaban J connectivity index is 1.96. The normalized spacial score (nSPS) is 16.5. The topological polar surface area (TPSA) is 17.1 Å². The van der Waals surface area contributed by atoms with Gasteiger partial charge in [0.2, 0.25) is 0 Å². The summed E-state index contributed by atoms with van der Waals surface area (Å²) in [4.78, 5) is 12.4. The number of Topliss-reactive ketones (excluding diaryl/α,β-unsaturated/α-hetero) is 1. The molecule has 0 heterocycles. The predicted octanol–water partition coefficient (Wildman–Crippen LogP) is 4.21. The molecule has 0 aliphatic heterocycles. The Kier molecular flexibility index (Phi) is 3.04. The van der Waals surface area contributed by atoms with Gasteiger partial charge in [0, 0.05) is 11.1 Å². The van der Waals surface area contributed by atoms with Gasteiger partial charge in [-0.05, 0) is 37.0 Å². The highest BCUT2D eigenvalue weighted by atomic mass is 16.1. The van der Waals surface area contributed by atoms with Crippen molar-refractivity contribution in [1.29, 1.82) is 0 Å². The van der Waals surface area contributed by atoms with Crippen LogP contribution in [-0.2, 0) is 6.42 Å². The molecule has 0 N–H and O–H groups in total. The number of carbonyl (C=O) groups excluding carboxylic acids is 1. The number of ketones is 1. The smallest absolute Gasteiger partial charge is 0.189 e. The second-order valence-corrected chi connectivity index (χ2v) is 5.07. The molecule has 0 saturated heterocycles. The Bertz CT molecular complexity index is 648. The summed E-state index contributed by atoms with van der Waals surface area (Å²) in [6, 6.07) is 16.2. The summed E-state index contributed by atoms with van der Waals surface area (Å²) in [6.07, 6.45) is 3.82. The summed E-state index contributed by atoms with van der Waals surface area (Å²) in [5.41, 5.74) is 5.30. The van der Waals surface area contributed by atoms with Gasteiger partial charge in [-0.25, -0.2) is 0 Å². The molecule has 0 amide bonds. The zero-order chi connectivity index (χ0) is 13.2. The van der Waals surface area contributed by atoms with Crippen molar-refractivity contribution in [3.8, 4) is 0 Å². The van der Waals surface area contributed by atoms with E-state index in [1.54, 1.807) is 0 Å². The van der Waals surface area contributed by atoms with Crippen LogP contribution in [0.1, 0.15) is 33.5 Å². The van der Waals surface area contributed by atoms with Gasteiger partial charge in [-0.15, -0.1) is 0 Å². The maximum absolute atomic E-state index is 12.4. The van der Waals surface area contributed by atoms with Crippen LogP contribution in [0.15, 0.2) is 54.1 Å². The van der Waals surface area contributed by atoms with Gasteiger partial charge in [-0.3, -0.25) is 4.79 Å². The van der Waals surface area contributed by atoms with Crippen molar-refractivity contribution in [2.45, 2.75) is 19.8 Å². The van der Waals surface area contributed by atoms with E-state index in [0.717, 1.165) is 29.5 Å². The number of aryl methyl sites for hydroxylation is 2. The van der Waals surface area contributed by atoms with Gasteiger partial charge < -0.3 is 0 Å². The number of hydrogen-bond donors (Lipinski definition) is 0. The van der Waals surface area contributed by atoms with Crippen molar-refractivity contribution >= 4 is 11.9 Å². The first-order valence-corrected chi connectivity index (χ1v) is 6.64. The van der Waals surface area contributed by atoms with E-state index in [2.05, 4.69) is 37.3 Å². The van der Waals surface area contributed by atoms with Gasteiger partial charge in [0.25, 0.3) is 0 Å². The molecule has 3 rings (SSSR count). The third-order valence-electron chi connectivity index (χ3n) is 3.64. The lowest BCUT2D eigenvalue weighted by Crippen LogP contribution is -2.13. The average Bonchev–Trinajstić information content (AvgIpc) is 2.45. The third-order valence-corrected chi connectivity index (χ3v) is 3.64. The minimum atomic E-state index is 0.183. The molecule has 0 fully saturated rings.